The minimum absolute atomic E-state index is 0.0317. The Morgan fingerprint density at radius 1 is 1.04 bits per heavy atom. The number of nitro benzene ring substituents is 1. The van der Waals surface area contributed by atoms with Crippen LogP contribution in [0.3, 0.4) is 0 Å². The van der Waals surface area contributed by atoms with E-state index in [4.69, 9.17) is 0 Å². The molecule has 2 aromatic carbocycles. The van der Waals surface area contributed by atoms with Gasteiger partial charge in [0.1, 0.15) is 11.2 Å². The number of nitro groups is 1. The van der Waals surface area contributed by atoms with Crippen molar-refractivity contribution in [2.45, 2.75) is 13.3 Å². The highest BCUT2D eigenvalue weighted by atomic mass is 16.6. The second-order valence-corrected chi connectivity index (χ2v) is 5.92. The first kappa shape index (κ1) is 16.6. The van der Waals surface area contributed by atoms with E-state index in [0.29, 0.717) is 29.0 Å². The summed E-state index contributed by atoms with van der Waals surface area (Å²) in [6.07, 6.45) is 2.02. The van der Waals surface area contributed by atoms with Crippen molar-refractivity contribution in [2.75, 3.05) is 0 Å². The average molecular weight is 361 g/mol. The maximum atomic E-state index is 13.1. The molecule has 0 aliphatic rings. The van der Waals surface area contributed by atoms with Gasteiger partial charge in [-0.3, -0.25) is 19.5 Å². The zero-order valence-electron chi connectivity index (χ0n) is 14.4. The van der Waals surface area contributed by atoms with Gasteiger partial charge in [-0.1, -0.05) is 25.1 Å². The third kappa shape index (κ3) is 2.77. The van der Waals surface area contributed by atoms with Crippen molar-refractivity contribution in [3.8, 4) is 11.4 Å². The molecule has 0 atom stereocenters. The molecule has 0 unspecified atom stereocenters. The number of rotatable bonds is 4. The molecule has 2 aromatic heterocycles. The Bertz CT molecular complexity index is 1190. The topological polar surface area (TPSA) is 95.8 Å². The lowest BCUT2D eigenvalue weighted by molar-refractivity contribution is -0.384. The lowest BCUT2D eigenvalue weighted by Crippen LogP contribution is -2.23. The summed E-state index contributed by atoms with van der Waals surface area (Å²) in [6.45, 7) is 1.90. The van der Waals surface area contributed by atoms with Crippen LogP contribution in [-0.4, -0.2) is 24.3 Å². The highest BCUT2D eigenvalue weighted by Gasteiger charge is 2.17. The fourth-order valence-electron chi connectivity index (χ4n) is 3.00. The maximum Gasteiger partial charge on any atom is 0.269 e. The first-order valence-electron chi connectivity index (χ1n) is 8.40. The van der Waals surface area contributed by atoms with Gasteiger partial charge in [-0.15, -0.1) is 0 Å². The predicted octanol–water partition coefficient (Wildman–Crippen LogP) is 3.04. The molecule has 134 valence electrons. The number of para-hydroxylation sites is 1. The Labute approximate surface area is 153 Å². The van der Waals surface area contributed by atoms with E-state index in [1.54, 1.807) is 16.8 Å². The van der Waals surface area contributed by atoms with E-state index in [9.17, 15) is 14.9 Å². The minimum Gasteiger partial charge on any atom is -0.268 e. The molecule has 0 aliphatic heterocycles. The van der Waals surface area contributed by atoms with E-state index < -0.39 is 4.92 Å². The monoisotopic (exact) mass is 361 g/mol. The summed E-state index contributed by atoms with van der Waals surface area (Å²) < 4.78 is 3.11. The van der Waals surface area contributed by atoms with Crippen molar-refractivity contribution >= 4 is 16.7 Å². The second-order valence-electron chi connectivity index (χ2n) is 5.92. The number of nitrogens with zero attached hydrogens (tertiary/aromatic N) is 5. The summed E-state index contributed by atoms with van der Waals surface area (Å²) in [5.41, 5.74) is 1.55. The second kappa shape index (κ2) is 6.49. The highest BCUT2D eigenvalue weighted by molar-refractivity contribution is 5.75. The van der Waals surface area contributed by atoms with Gasteiger partial charge in [0.05, 0.1) is 22.5 Å². The van der Waals surface area contributed by atoms with E-state index in [2.05, 4.69) is 10.1 Å². The molecular weight excluding hydrogens is 346 g/mol. The Balaban J connectivity index is 1.94. The van der Waals surface area contributed by atoms with Crippen LogP contribution in [0.1, 0.15) is 12.7 Å². The molecule has 27 heavy (non-hydrogen) atoms. The average Bonchev–Trinajstić information content (AvgIpc) is 3.13. The van der Waals surface area contributed by atoms with Gasteiger partial charge < -0.3 is 0 Å². The standard InChI is InChI=1S/C19H15N5O3/c1-2-17-21-18-16(12-20-23(18)14-6-4-3-5-7-14)19(25)22(17)13-8-10-15(11-9-13)24(26)27/h3-12H,2H2,1H3. The zero-order chi connectivity index (χ0) is 19.0. The summed E-state index contributed by atoms with van der Waals surface area (Å²) in [6, 6.07) is 15.3. The quantitative estimate of drug-likeness (QED) is 0.411. The van der Waals surface area contributed by atoms with Gasteiger partial charge in [-0.25, -0.2) is 9.67 Å². The number of aryl methyl sites for hydroxylation is 1. The van der Waals surface area contributed by atoms with Crippen LogP contribution < -0.4 is 5.56 Å². The minimum atomic E-state index is -0.474. The Kier molecular flexibility index (Phi) is 4.00. The molecule has 8 nitrogen and oxygen atoms in total. The van der Waals surface area contributed by atoms with Crippen molar-refractivity contribution in [1.29, 1.82) is 0 Å². The fraction of sp³-hybridized carbons (Fsp3) is 0.105. The number of hydrogen-bond acceptors (Lipinski definition) is 5. The molecule has 0 N–H and O–H groups in total. The Hall–Kier alpha value is -3.81. The van der Waals surface area contributed by atoms with Gasteiger partial charge in [0.15, 0.2) is 5.65 Å². The van der Waals surface area contributed by atoms with Gasteiger partial charge in [-0.2, -0.15) is 5.10 Å². The molecule has 0 bridgehead atoms. The summed E-state index contributed by atoms with van der Waals surface area (Å²) in [4.78, 5) is 28.2. The van der Waals surface area contributed by atoms with Crippen LogP contribution in [0.15, 0.2) is 65.6 Å². The number of fused-ring (bicyclic) bond motifs is 1. The number of non-ortho nitro benzene ring substituents is 1. The predicted molar refractivity (Wildman–Crippen MR) is 100 cm³/mol. The first-order chi connectivity index (χ1) is 13.1. The van der Waals surface area contributed by atoms with Crippen molar-refractivity contribution < 1.29 is 4.92 Å². The van der Waals surface area contributed by atoms with Crippen molar-refractivity contribution in [2.24, 2.45) is 0 Å². The molecule has 0 spiro atoms. The molecular formula is C19H15N5O3. The molecule has 0 aliphatic carbocycles. The third-order valence-corrected chi connectivity index (χ3v) is 4.31. The van der Waals surface area contributed by atoms with Crippen LogP contribution in [0.5, 0.6) is 0 Å². The summed E-state index contributed by atoms with van der Waals surface area (Å²) in [5, 5.41) is 15.6. The van der Waals surface area contributed by atoms with E-state index in [1.165, 1.54) is 22.9 Å². The molecule has 0 saturated heterocycles. The normalized spacial score (nSPS) is 11.0. The van der Waals surface area contributed by atoms with Gasteiger partial charge in [-0.05, 0) is 24.3 Å². The van der Waals surface area contributed by atoms with Crippen LogP contribution in [0.4, 0.5) is 5.69 Å². The number of hydrogen-bond donors (Lipinski definition) is 0. The van der Waals surface area contributed by atoms with Crippen LogP contribution in [0, 0.1) is 10.1 Å². The molecule has 0 radical (unpaired) electrons. The van der Waals surface area contributed by atoms with Crippen LogP contribution >= 0.6 is 0 Å². The number of aromatic nitrogens is 4. The van der Waals surface area contributed by atoms with Gasteiger partial charge >= 0.3 is 0 Å². The molecule has 4 aromatic rings. The van der Waals surface area contributed by atoms with Crippen LogP contribution in [0.2, 0.25) is 0 Å². The highest BCUT2D eigenvalue weighted by Crippen LogP contribution is 2.19. The van der Waals surface area contributed by atoms with Gasteiger partial charge in [0, 0.05) is 18.6 Å². The van der Waals surface area contributed by atoms with E-state index in [0.717, 1.165) is 5.69 Å². The lowest BCUT2D eigenvalue weighted by atomic mass is 10.2. The number of benzene rings is 2. The van der Waals surface area contributed by atoms with Crippen molar-refractivity contribution in [3.05, 3.63) is 87.1 Å². The molecule has 2 heterocycles. The Morgan fingerprint density at radius 2 is 1.74 bits per heavy atom. The smallest absolute Gasteiger partial charge is 0.268 e. The summed E-state index contributed by atoms with van der Waals surface area (Å²) in [7, 11) is 0. The summed E-state index contributed by atoms with van der Waals surface area (Å²) >= 11 is 0. The SMILES string of the molecule is CCc1nc2c(cnn2-c2ccccc2)c(=O)n1-c1ccc([N+](=O)[O-])cc1. The molecule has 0 fully saturated rings. The van der Waals surface area contributed by atoms with Gasteiger partial charge in [0.25, 0.3) is 11.2 Å². The molecule has 0 saturated carbocycles. The third-order valence-electron chi connectivity index (χ3n) is 4.31. The Morgan fingerprint density at radius 3 is 2.37 bits per heavy atom. The fourth-order valence-corrected chi connectivity index (χ4v) is 3.00. The van der Waals surface area contributed by atoms with Crippen LogP contribution in [-0.2, 0) is 6.42 Å². The molecule has 0 amide bonds. The first-order valence-corrected chi connectivity index (χ1v) is 8.40. The van der Waals surface area contributed by atoms with E-state index in [-0.39, 0.29) is 11.2 Å². The van der Waals surface area contributed by atoms with Crippen molar-refractivity contribution in [1.82, 2.24) is 19.3 Å². The van der Waals surface area contributed by atoms with Crippen LogP contribution in [0.25, 0.3) is 22.4 Å². The molecule has 4 rings (SSSR count). The van der Waals surface area contributed by atoms with Gasteiger partial charge in [0.2, 0.25) is 0 Å². The van der Waals surface area contributed by atoms with Crippen molar-refractivity contribution in [3.63, 3.8) is 0 Å². The van der Waals surface area contributed by atoms with E-state index in [1.807, 2.05) is 37.3 Å². The van der Waals surface area contributed by atoms with E-state index >= 15 is 0 Å². The lowest BCUT2D eigenvalue weighted by Gasteiger charge is -2.11. The summed E-state index contributed by atoms with van der Waals surface area (Å²) in [5.74, 6) is 0.555. The maximum absolute atomic E-state index is 13.1. The molecule has 8 heteroatoms. The zero-order valence-corrected chi connectivity index (χ0v) is 14.4. The largest absolute Gasteiger partial charge is 0.269 e.